The van der Waals surface area contributed by atoms with E-state index in [0.717, 1.165) is 41.6 Å². The molecule has 1 N–H and O–H groups in total. The Bertz CT molecular complexity index is 1090. The predicted molar refractivity (Wildman–Crippen MR) is 112 cm³/mol. The molecule has 1 unspecified atom stereocenters. The highest BCUT2D eigenvalue weighted by Gasteiger charge is 2.14. The molecule has 0 bridgehead atoms. The average Bonchev–Trinajstić information content (AvgIpc) is 3.00. The minimum Gasteiger partial charge on any atom is -0.317 e. The van der Waals surface area contributed by atoms with Crippen molar-refractivity contribution in [3.8, 4) is 11.5 Å². The first-order valence-corrected chi connectivity index (χ1v) is 10.3. The maximum absolute atomic E-state index is 5.01. The number of hydrogen-bond acceptors (Lipinski definition) is 4. The van der Waals surface area contributed by atoms with Crippen LogP contribution in [0, 0.1) is 5.92 Å². The lowest BCUT2D eigenvalue weighted by atomic mass is 9.92. The van der Waals surface area contributed by atoms with Crippen molar-refractivity contribution in [2.45, 2.75) is 32.1 Å². The van der Waals surface area contributed by atoms with Crippen LogP contribution in [-0.2, 0) is 6.42 Å². The molecule has 5 nitrogen and oxygen atoms in total. The molecule has 0 saturated carbocycles. The van der Waals surface area contributed by atoms with Gasteiger partial charge in [-0.15, -0.1) is 10.2 Å². The minimum atomic E-state index is 0.794. The number of rotatable bonds is 4. The minimum absolute atomic E-state index is 0.794. The lowest BCUT2D eigenvalue weighted by Crippen LogP contribution is -2.14. The standard InChI is InChI=1S/C23H25N5/c1-2-16-28-21(8-1)26-27-23(28)20-12-11-19-7-3-6-18(22(19)25-20)10-9-17-5-4-14-24-15-13-17/h1-3,6-8,11-12,16-17,24H,4-5,9-10,13-15H2. The molecule has 142 valence electrons. The van der Waals surface area contributed by atoms with Crippen molar-refractivity contribution in [3.05, 3.63) is 60.3 Å². The molecule has 5 rings (SSSR count). The first-order chi connectivity index (χ1) is 13.9. The van der Waals surface area contributed by atoms with Crippen LogP contribution in [0.4, 0.5) is 0 Å². The third kappa shape index (κ3) is 3.38. The first-order valence-electron chi connectivity index (χ1n) is 10.3. The summed E-state index contributed by atoms with van der Waals surface area (Å²) in [5.41, 5.74) is 4.15. The van der Waals surface area contributed by atoms with Gasteiger partial charge < -0.3 is 5.32 Å². The molecule has 0 radical (unpaired) electrons. The molecule has 5 heteroatoms. The van der Waals surface area contributed by atoms with Gasteiger partial charge in [-0.2, -0.15) is 0 Å². The number of nitrogens with one attached hydrogen (secondary N) is 1. The van der Waals surface area contributed by atoms with Crippen LogP contribution in [0.1, 0.15) is 31.2 Å². The van der Waals surface area contributed by atoms with E-state index in [9.17, 15) is 0 Å². The summed E-state index contributed by atoms with van der Waals surface area (Å²) in [4.78, 5) is 5.01. The smallest absolute Gasteiger partial charge is 0.187 e. The molecular weight excluding hydrogens is 346 g/mol. The van der Waals surface area contributed by atoms with E-state index in [2.05, 4.69) is 39.8 Å². The van der Waals surface area contributed by atoms with Crippen LogP contribution in [-0.4, -0.2) is 32.7 Å². The normalized spacial score (nSPS) is 17.8. The highest BCUT2D eigenvalue weighted by molar-refractivity contribution is 5.84. The molecule has 1 atom stereocenters. The lowest BCUT2D eigenvalue weighted by Gasteiger charge is -2.14. The number of aromatic nitrogens is 4. The van der Waals surface area contributed by atoms with Gasteiger partial charge in [-0.3, -0.25) is 4.40 Å². The van der Waals surface area contributed by atoms with Crippen LogP contribution in [0.25, 0.3) is 28.1 Å². The van der Waals surface area contributed by atoms with Crippen LogP contribution in [0.5, 0.6) is 0 Å². The molecule has 1 aliphatic heterocycles. The van der Waals surface area contributed by atoms with Gasteiger partial charge in [-0.25, -0.2) is 4.98 Å². The van der Waals surface area contributed by atoms with Crippen LogP contribution in [0.2, 0.25) is 0 Å². The quantitative estimate of drug-likeness (QED) is 0.582. The molecule has 0 spiro atoms. The largest absolute Gasteiger partial charge is 0.317 e. The van der Waals surface area contributed by atoms with Crippen LogP contribution < -0.4 is 5.32 Å². The average molecular weight is 371 g/mol. The van der Waals surface area contributed by atoms with Gasteiger partial charge in [-0.05, 0) is 74.9 Å². The summed E-state index contributed by atoms with van der Waals surface area (Å²) in [6.07, 6.45) is 8.22. The summed E-state index contributed by atoms with van der Waals surface area (Å²) in [6, 6.07) is 16.7. The van der Waals surface area contributed by atoms with E-state index in [1.165, 1.54) is 43.2 Å². The van der Waals surface area contributed by atoms with Crippen molar-refractivity contribution in [1.29, 1.82) is 0 Å². The number of fused-ring (bicyclic) bond motifs is 2. The van der Waals surface area contributed by atoms with E-state index >= 15 is 0 Å². The molecule has 3 aromatic heterocycles. The lowest BCUT2D eigenvalue weighted by molar-refractivity contribution is 0.439. The zero-order valence-corrected chi connectivity index (χ0v) is 16.0. The van der Waals surface area contributed by atoms with Gasteiger partial charge in [0.25, 0.3) is 0 Å². The molecule has 1 aromatic carbocycles. The Morgan fingerprint density at radius 1 is 0.964 bits per heavy atom. The number of para-hydroxylation sites is 1. The number of nitrogens with zero attached hydrogens (tertiary/aromatic N) is 4. The zero-order chi connectivity index (χ0) is 18.8. The number of pyridine rings is 2. The summed E-state index contributed by atoms with van der Waals surface area (Å²) in [5, 5.41) is 13.4. The van der Waals surface area contributed by atoms with Crippen LogP contribution in [0.15, 0.2) is 54.7 Å². The van der Waals surface area contributed by atoms with Crippen LogP contribution >= 0.6 is 0 Å². The van der Waals surface area contributed by atoms with Gasteiger partial charge in [0, 0.05) is 11.6 Å². The molecule has 4 heterocycles. The third-order valence-electron chi connectivity index (χ3n) is 5.86. The summed E-state index contributed by atoms with van der Waals surface area (Å²) in [6.45, 7) is 2.32. The van der Waals surface area contributed by atoms with Gasteiger partial charge >= 0.3 is 0 Å². The maximum Gasteiger partial charge on any atom is 0.187 e. The molecule has 1 saturated heterocycles. The number of benzene rings is 1. The van der Waals surface area contributed by atoms with Crippen LogP contribution in [0.3, 0.4) is 0 Å². The SMILES string of the molecule is c1cc(CCC2CCCNCC2)c2nc(-c3nnc4ccccn34)ccc2c1. The van der Waals surface area contributed by atoms with Gasteiger partial charge in [0.2, 0.25) is 0 Å². The highest BCUT2D eigenvalue weighted by atomic mass is 15.2. The van der Waals surface area contributed by atoms with Gasteiger partial charge in [0.15, 0.2) is 11.5 Å². The molecule has 1 aliphatic rings. The van der Waals surface area contributed by atoms with Crippen molar-refractivity contribution >= 4 is 16.6 Å². The summed E-state index contributed by atoms with van der Waals surface area (Å²) in [5.74, 6) is 1.61. The maximum atomic E-state index is 5.01. The fourth-order valence-corrected chi connectivity index (χ4v) is 4.29. The van der Waals surface area contributed by atoms with E-state index in [-0.39, 0.29) is 0 Å². The fraction of sp³-hybridized carbons (Fsp3) is 0.348. The van der Waals surface area contributed by atoms with Crippen molar-refractivity contribution in [1.82, 2.24) is 24.9 Å². The van der Waals surface area contributed by atoms with E-state index in [4.69, 9.17) is 4.98 Å². The molecule has 1 fully saturated rings. The highest BCUT2D eigenvalue weighted by Crippen LogP contribution is 2.26. The molecule has 4 aromatic rings. The van der Waals surface area contributed by atoms with Crippen molar-refractivity contribution in [2.24, 2.45) is 5.92 Å². The zero-order valence-electron chi connectivity index (χ0n) is 16.0. The Morgan fingerprint density at radius 2 is 1.96 bits per heavy atom. The second-order valence-electron chi connectivity index (χ2n) is 7.72. The summed E-state index contributed by atoms with van der Waals surface area (Å²) in [7, 11) is 0. The van der Waals surface area contributed by atoms with Crippen molar-refractivity contribution in [3.63, 3.8) is 0 Å². The van der Waals surface area contributed by atoms with Gasteiger partial charge in [0.1, 0.15) is 5.69 Å². The Labute approximate surface area is 164 Å². The number of hydrogen-bond donors (Lipinski definition) is 1. The van der Waals surface area contributed by atoms with Crippen molar-refractivity contribution in [2.75, 3.05) is 13.1 Å². The second kappa shape index (κ2) is 7.68. The van der Waals surface area contributed by atoms with E-state index in [1.807, 2.05) is 34.9 Å². The van der Waals surface area contributed by atoms with Gasteiger partial charge in [0.05, 0.1) is 5.52 Å². The topological polar surface area (TPSA) is 55.1 Å². The Balaban J connectivity index is 1.47. The molecule has 0 aliphatic carbocycles. The van der Waals surface area contributed by atoms with E-state index in [1.54, 1.807) is 0 Å². The molecule has 28 heavy (non-hydrogen) atoms. The van der Waals surface area contributed by atoms with E-state index < -0.39 is 0 Å². The monoisotopic (exact) mass is 371 g/mol. The first kappa shape index (κ1) is 17.3. The second-order valence-corrected chi connectivity index (χ2v) is 7.72. The Kier molecular flexibility index (Phi) is 4.75. The third-order valence-corrected chi connectivity index (χ3v) is 5.86. The van der Waals surface area contributed by atoms with E-state index in [0.29, 0.717) is 0 Å². The summed E-state index contributed by atoms with van der Waals surface area (Å²) >= 11 is 0. The molecular formula is C23H25N5. The number of aryl methyl sites for hydroxylation is 1. The van der Waals surface area contributed by atoms with Gasteiger partial charge in [-0.1, -0.05) is 30.3 Å². The fourth-order valence-electron chi connectivity index (χ4n) is 4.29. The predicted octanol–water partition coefficient (Wildman–Crippen LogP) is 4.27. The molecule has 0 amide bonds. The Hall–Kier alpha value is -2.79. The van der Waals surface area contributed by atoms with Crippen molar-refractivity contribution < 1.29 is 0 Å². The summed E-state index contributed by atoms with van der Waals surface area (Å²) < 4.78 is 2.00. The Morgan fingerprint density at radius 3 is 2.96 bits per heavy atom.